The molecule has 8 heteroatoms. The maximum Gasteiger partial charge on any atom is 0.243 e. The van der Waals surface area contributed by atoms with Gasteiger partial charge in [0.2, 0.25) is 10.0 Å². The van der Waals surface area contributed by atoms with E-state index in [4.69, 9.17) is 5.73 Å². The van der Waals surface area contributed by atoms with E-state index in [1.165, 1.54) is 16.4 Å². The fourth-order valence-corrected chi connectivity index (χ4v) is 4.51. The first kappa shape index (κ1) is 17.8. The molecule has 1 saturated heterocycles. The van der Waals surface area contributed by atoms with Crippen LogP contribution in [0.3, 0.4) is 0 Å². The molecule has 2 rings (SSSR count). The van der Waals surface area contributed by atoms with Crippen molar-refractivity contribution in [3.8, 4) is 0 Å². The lowest BCUT2D eigenvalue weighted by atomic mass is 10.1. The number of halogens is 3. The maximum atomic E-state index is 13.4. The predicted molar refractivity (Wildman–Crippen MR) is 82.0 cm³/mol. The van der Waals surface area contributed by atoms with Crippen molar-refractivity contribution in [2.45, 2.75) is 18.2 Å². The lowest BCUT2D eigenvalue weighted by molar-refractivity contribution is 0.458. The first-order valence-corrected chi connectivity index (χ1v) is 8.25. The highest BCUT2D eigenvalue weighted by molar-refractivity contribution is 9.10. The summed E-state index contributed by atoms with van der Waals surface area (Å²) in [6.07, 6.45) is 0.775. The van der Waals surface area contributed by atoms with E-state index < -0.39 is 15.8 Å². The van der Waals surface area contributed by atoms with Gasteiger partial charge in [-0.05, 0) is 59.4 Å². The van der Waals surface area contributed by atoms with E-state index in [1.807, 2.05) is 0 Å². The van der Waals surface area contributed by atoms with Crippen LogP contribution in [0.1, 0.15) is 12.0 Å². The molecule has 0 aromatic heterocycles. The van der Waals surface area contributed by atoms with Gasteiger partial charge in [-0.2, -0.15) is 4.31 Å². The highest BCUT2D eigenvalue weighted by Crippen LogP contribution is 2.29. The van der Waals surface area contributed by atoms with Crippen LogP contribution in [0.2, 0.25) is 0 Å². The molecule has 0 bridgehead atoms. The molecule has 1 atom stereocenters. The van der Waals surface area contributed by atoms with Gasteiger partial charge in [-0.3, -0.25) is 0 Å². The standard InChI is InChI=1S/C12H16BrFN2O2S.ClH/c1-8-4-11(14)10(13)5-12(8)19(17,18)16-3-2-9(6-15)7-16;/h4-5,9H,2-3,6-7,15H2,1H3;1H. The summed E-state index contributed by atoms with van der Waals surface area (Å²) in [5.74, 6) is -0.253. The molecule has 0 aliphatic carbocycles. The third-order valence-corrected chi connectivity index (χ3v) is 6.03. The van der Waals surface area contributed by atoms with Crippen LogP contribution < -0.4 is 5.73 Å². The van der Waals surface area contributed by atoms with Crippen molar-refractivity contribution in [2.75, 3.05) is 19.6 Å². The summed E-state index contributed by atoms with van der Waals surface area (Å²) in [7, 11) is -3.57. The minimum Gasteiger partial charge on any atom is -0.330 e. The Hall–Kier alpha value is -0.210. The minimum absolute atomic E-state index is 0. The number of nitrogens with zero attached hydrogens (tertiary/aromatic N) is 1. The number of nitrogens with two attached hydrogens (primary N) is 1. The molecule has 1 unspecified atom stereocenters. The van der Waals surface area contributed by atoms with Gasteiger partial charge in [-0.15, -0.1) is 12.4 Å². The molecule has 1 aliphatic rings. The summed E-state index contributed by atoms with van der Waals surface area (Å²) >= 11 is 3.03. The van der Waals surface area contributed by atoms with Crippen LogP contribution in [0.5, 0.6) is 0 Å². The third kappa shape index (κ3) is 3.33. The van der Waals surface area contributed by atoms with Crippen molar-refractivity contribution < 1.29 is 12.8 Å². The van der Waals surface area contributed by atoms with E-state index in [1.54, 1.807) is 6.92 Å². The number of rotatable bonds is 3. The normalized spacial score (nSPS) is 19.9. The van der Waals surface area contributed by atoms with Gasteiger partial charge in [-0.1, -0.05) is 0 Å². The zero-order valence-corrected chi connectivity index (χ0v) is 14.2. The monoisotopic (exact) mass is 386 g/mol. The van der Waals surface area contributed by atoms with Crippen LogP contribution >= 0.6 is 28.3 Å². The molecular weight excluding hydrogens is 371 g/mol. The molecule has 2 N–H and O–H groups in total. The van der Waals surface area contributed by atoms with Crippen LogP contribution in [0, 0.1) is 18.7 Å². The molecule has 20 heavy (non-hydrogen) atoms. The second-order valence-corrected chi connectivity index (χ2v) is 7.55. The first-order valence-electron chi connectivity index (χ1n) is 6.02. The lowest BCUT2D eigenvalue weighted by Crippen LogP contribution is -2.30. The summed E-state index contributed by atoms with van der Waals surface area (Å²) in [5, 5.41) is 0. The quantitative estimate of drug-likeness (QED) is 0.865. The smallest absolute Gasteiger partial charge is 0.243 e. The highest BCUT2D eigenvalue weighted by Gasteiger charge is 2.33. The van der Waals surface area contributed by atoms with E-state index in [-0.39, 0.29) is 27.7 Å². The van der Waals surface area contributed by atoms with Gasteiger partial charge in [0.25, 0.3) is 0 Å². The zero-order valence-electron chi connectivity index (χ0n) is 11.0. The van der Waals surface area contributed by atoms with Crippen molar-refractivity contribution in [3.63, 3.8) is 0 Å². The molecule has 0 amide bonds. The summed E-state index contributed by atoms with van der Waals surface area (Å²) < 4.78 is 40.0. The van der Waals surface area contributed by atoms with Gasteiger partial charge in [0.15, 0.2) is 0 Å². The summed E-state index contributed by atoms with van der Waals surface area (Å²) in [5.41, 5.74) is 5.99. The molecule has 0 saturated carbocycles. The Labute approximate surface area is 133 Å². The van der Waals surface area contributed by atoms with Crippen molar-refractivity contribution in [3.05, 3.63) is 28.0 Å². The van der Waals surface area contributed by atoms with Gasteiger partial charge < -0.3 is 5.73 Å². The van der Waals surface area contributed by atoms with E-state index >= 15 is 0 Å². The topological polar surface area (TPSA) is 63.4 Å². The Morgan fingerprint density at radius 2 is 2.15 bits per heavy atom. The fourth-order valence-electron chi connectivity index (χ4n) is 2.25. The van der Waals surface area contributed by atoms with E-state index in [0.29, 0.717) is 25.2 Å². The number of hydrogen-bond acceptors (Lipinski definition) is 3. The van der Waals surface area contributed by atoms with Crippen molar-refractivity contribution in [1.29, 1.82) is 0 Å². The van der Waals surface area contributed by atoms with Crippen LogP contribution in [0.4, 0.5) is 4.39 Å². The Balaban J connectivity index is 0.00000200. The zero-order chi connectivity index (χ0) is 14.2. The number of aryl methyl sites for hydroxylation is 1. The van der Waals surface area contributed by atoms with E-state index in [9.17, 15) is 12.8 Å². The molecule has 0 spiro atoms. The molecule has 1 aromatic rings. The van der Waals surface area contributed by atoms with Crippen LogP contribution in [-0.2, 0) is 10.0 Å². The number of sulfonamides is 1. The average Bonchev–Trinajstić information content (AvgIpc) is 2.83. The molecule has 0 radical (unpaired) electrons. The van der Waals surface area contributed by atoms with E-state index in [0.717, 1.165) is 6.42 Å². The summed E-state index contributed by atoms with van der Waals surface area (Å²) in [6, 6.07) is 2.56. The average molecular weight is 388 g/mol. The van der Waals surface area contributed by atoms with Gasteiger partial charge in [-0.25, -0.2) is 12.8 Å². The van der Waals surface area contributed by atoms with Crippen molar-refractivity contribution in [2.24, 2.45) is 11.7 Å². The summed E-state index contributed by atoms with van der Waals surface area (Å²) in [6.45, 7) is 2.99. The molecular formula is C12H17BrClFN2O2S. The Morgan fingerprint density at radius 1 is 1.50 bits per heavy atom. The largest absolute Gasteiger partial charge is 0.330 e. The Bertz CT molecular complexity index is 597. The van der Waals surface area contributed by atoms with Gasteiger partial charge >= 0.3 is 0 Å². The van der Waals surface area contributed by atoms with E-state index in [2.05, 4.69) is 15.9 Å². The first-order chi connectivity index (χ1) is 8.86. The Morgan fingerprint density at radius 3 is 2.70 bits per heavy atom. The van der Waals surface area contributed by atoms with Crippen LogP contribution in [-0.4, -0.2) is 32.4 Å². The molecule has 1 fully saturated rings. The summed E-state index contributed by atoms with van der Waals surface area (Å²) in [4.78, 5) is 0.151. The maximum absolute atomic E-state index is 13.4. The number of hydrogen-bond donors (Lipinski definition) is 1. The second kappa shape index (κ2) is 6.70. The van der Waals surface area contributed by atoms with Crippen LogP contribution in [0.15, 0.2) is 21.5 Å². The number of benzene rings is 1. The molecule has 1 aliphatic heterocycles. The van der Waals surface area contributed by atoms with Gasteiger partial charge in [0.1, 0.15) is 5.82 Å². The van der Waals surface area contributed by atoms with Crippen LogP contribution in [0.25, 0.3) is 0 Å². The molecule has 114 valence electrons. The van der Waals surface area contributed by atoms with Gasteiger partial charge in [0, 0.05) is 13.1 Å². The second-order valence-electron chi connectivity index (χ2n) is 4.79. The Kier molecular flexibility index (Phi) is 5.98. The van der Waals surface area contributed by atoms with Crippen molar-refractivity contribution in [1.82, 2.24) is 4.31 Å². The predicted octanol–water partition coefficient (Wildman–Crippen LogP) is 2.29. The fraction of sp³-hybridized carbons (Fsp3) is 0.500. The third-order valence-electron chi connectivity index (χ3n) is 3.42. The lowest BCUT2D eigenvalue weighted by Gasteiger charge is -2.18. The van der Waals surface area contributed by atoms with Gasteiger partial charge in [0.05, 0.1) is 9.37 Å². The van der Waals surface area contributed by atoms with Crippen molar-refractivity contribution >= 4 is 38.4 Å². The molecule has 1 heterocycles. The minimum atomic E-state index is -3.57. The molecule has 4 nitrogen and oxygen atoms in total. The SMILES string of the molecule is Cc1cc(F)c(Br)cc1S(=O)(=O)N1CCC(CN)C1.Cl. The highest BCUT2D eigenvalue weighted by atomic mass is 79.9. The molecule has 1 aromatic carbocycles.